The number of urea groups is 1. The first-order valence-corrected chi connectivity index (χ1v) is 9.04. The van der Waals surface area contributed by atoms with Crippen molar-refractivity contribution in [2.75, 3.05) is 47.4 Å². The summed E-state index contributed by atoms with van der Waals surface area (Å²) in [7, 11) is 5.09. The van der Waals surface area contributed by atoms with E-state index in [0.29, 0.717) is 31.1 Å². The highest BCUT2D eigenvalue weighted by atomic mass is 16.5. The third-order valence-corrected chi connectivity index (χ3v) is 4.95. The van der Waals surface area contributed by atoms with Crippen LogP contribution in [0.1, 0.15) is 12.8 Å². The molecule has 142 valence electrons. The fourth-order valence-corrected chi connectivity index (χ4v) is 3.48. The number of amides is 3. The lowest BCUT2D eigenvalue weighted by Gasteiger charge is -2.42. The molecule has 2 fully saturated rings. The Labute approximate surface area is 154 Å². The number of carbonyl (C=O) groups excluding carboxylic acids is 2. The molecule has 0 saturated carbocycles. The van der Waals surface area contributed by atoms with E-state index < -0.39 is 0 Å². The standard InChI is InChI=1S/C19H27N3O4/c1-20(2)19(24)21-10-6-7-14(11-21)18(23)22-12-15(13-22)26-17-9-5-4-8-16(17)25-3/h4-5,8-9,14-15H,6-7,10-13H2,1-3H3. The lowest BCUT2D eigenvalue weighted by atomic mass is 9.95. The van der Waals surface area contributed by atoms with E-state index in [1.807, 2.05) is 29.2 Å². The number of benzene rings is 1. The van der Waals surface area contributed by atoms with Gasteiger partial charge in [0.25, 0.3) is 0 Å². The van der Waals surface area contributed by atoms with E-state index >= 15 is 0 Å². The van der Waals surface area contributed by atoms with Crippen LogP contribution < -0.4 is 9.47 Å². The predicted molar refractivity (Wildman–Crippen MR) is 97.4 cm³/mol. The zero-order chi connectivity index (χ0) is 18.7. The number of rotatable bonds is 4. The highest BCUT2D eigenvalue weighted by Crippen LogP contribution is 2.29. The van der Waals surface area contributed by atoms with Crippen LogP contribution in [-0.4, -0.2) is 80.1 Å². The Morgan fingerprint density at radius 1 is 1.08 bits per heavy atom. The molecule has 0 spiro atoms. The number of piperidine rings is 1. The predicted octanol–water partition coefficient (Wildman–Crippen LogP) is 1.68. The number of nitrogens with zero attached hydrogens (tertiary/aromatic N) is 3. The van der Waals surface area contributed by atoms with Crippen LogP contribution >= 0.6 is 0 Å². The normalized spacial score (nSPS) is 20.3. The monoisotopic (exact) mass is 361 g/mol. The average Bonchev–Trinajstić information content (AvgIpc) is 2.63. The molecule has 0 bridgehead atoms. The van der Waals surface area contributed by atoms with Gasteiger partial charge < -0.3 is 24.2 Å². The first-order valence-electron chi connectivity index (χ1n) is 9.04. The van der Waals surface area contributed by atoms with Gasteiger partial charge in [0.05, 0.1) is 26.1 Å². The summed E-state index contributed by atoms with van der Waals surface area (Å²) < 4.78 is 11.2. The minimum Gasteiger partial charge on any atom is -0.493 e. The summed E-state index contributed by atoms with van der Waals surface area (Å²) in [5.41, 5.74) is 0. The van der Waals surface area contributed by atoms with Gasteiger partial charge in [0.15, 0.2) is 11.5 Å². The minimum atomic E-state index is -0.111. The molecule has 2 aliphatic rings. The van der Waals surface area contributed by atoms with Crippen LogP contribution in [0.3, 0.4) is 0 Å². The Hall–Kier alpha value is -2.44. The van der Waals surface area contributed by atoms with E-state index in [2.05, 4.69) is 0 Å². The molecule has 0 aliphatic carbocycles. The second-order valence-electron chi connectivity index (χ2n) is 7.10. The molecule has 0 radical (unpaired) electrons. The molecule has 1 unspecified atom stereocenters. The minimum absolute atomic E-state index is 0.0154. The van der Waals surface area contributed by atoms with Gasteiger partial charge >= 0.3 is 6.03 Å². The maximum atomic E-state index is 12.7. The van der Waals surface area contributed by atoms with Gasteiger partial charge in [-0.3, -0.25) is 4.79 Å². The third-order valence-electron chi connectivity index (χ3n) is 4.95. The fourth-order valence-electron chi connectivity index (χ4n) is 3.48. The Morgan fingerprint density at radius 2 is 1.77 bits per heavy atom. The first-order chi connectivity index (χ1) is 12.5. The van der Waals surface area contributed by atoms with Crippen LogP contribution in [-0.2, 0) is 4.79 Å². The maximum Gasteiger partial charge on any atom is 0.319 e. The van der Waals surface area contributed by atoms with Crippen LogP contribution in [0.25, 0.3) is 0 Å². The molecule has 7 heteroatoms. The van der Waals surface area contributed by atoms with Gasteiger partial charge in [-0.15, -0.1) is 0 Å². The zero-order valence-corrected chi connectivity index (χ0v) is 15.7. The summed E-state index contributed by atoms with van der Waals surface area (Å²) in [6.45, 7) is 2.38. The van der Waals surface area contributed by atoms with Crippen molar-refractivity contribution < 1.29 is 19.1 Å². The summed E-state index contributed by atoms with van der Waals surface area (Å²) in [5, 5.41) is 0. The van der Waals surface area contributed by atoms with Crippen molar-refractivity contribution in [2.24, 2.45) is 5.92 Å². The van der Waals surface area contributed by atoms with Crippen LogP contribution in [0.15, 0.2) is 24.3 Å². The van der Waals surface area contributed by atoms with Crippen molar-refractivity contribution in [3.8, 4) is 11.5 Å². The maximum absolute atomic E-state index is 12.7. The first kappa shape index (κ1) is 18.4. The van der Waals surface area contributed by atoms with Crippen LogP contribution in [0.2, 0.25) is 0 Å². The molecule has 2 saturated heterocycles. The highest BCUT2D eigenvalue weighted by molar-refractivity contribution is 5.81. The summed E-state index contributed by atoms with van der Waals surface area (Å²) in [6, 6.07) is 7.50. The van der Waals surface area contributed by atoms with Gasteiger partial charge in [-0.25, -0.2) is 4.79 Å². The molecular formula is C19H27N3O4. The van der Waals surface area contributed by atoms with Crippen molar-refractivity contribution in [3.63, 3.8) is 0 Å². The van der Waals surface area contributed by atoms with Gasteiger partial charge in [0, 0.05) is 27.2 Å². The molecule has 0 N–H and O–H groups in total. The van der Waals surface area contributed by atoms with E-state index in [0.717, 1.165) is 19.4 Å². The molecule has 1 aromatic carbocycles. The molecule has 3 rings (SSSR count). The van der Waals surface area contributed by atoms with E-state index in [1.54, 1.807) is 31.0 Å². The number of likely N-dealkylation sites (tertiary alicyclic amines) is 2. The molecule has 0 aromatic heterocycles. The summed E-state index contributed by atoms with van der Waals surface area (Å²) in [6.07, 6.45) is 1.69. The number of carbonyl (C=O) groups is 2. The van der Waals surface area contributed by atoms with E-state index in [-0.39, 0.29) is 24.0 Å². The van der Waals surface area contributed by atoms with E-state index in [9.17, 15) is 9.59 Å². The van der Waals surface area contributed by atoms with E-state index in [4.69, 9.17) is 9.47 Å². The van der Waals surface area contributed by atoms with Gasteiger partial charge in [0.2, 0.25) is 5.91 Å². The Kier molecular flexibility index (Phi) is 5.54. The van der Waals surface area contributed by atoms with Gasteiger partial charge in [-0.1, -0.05) is 12.1 Å². The van der Waals surface area contributed by atoms with Crippen molar-refractivity contribution in [2.45, 2.75) is 18.9 Å². The Morgan fingerprint density at radius 3 is 2.42 bits per heavy atom. The number of methoxy groups -OCH3 is 1. The SMILES string of the molecule is COc1ccccc1OC1CN(C(=O)C2CCCN(C(=O)N(C)C)C2)C1. The Balaban J connectivity index is 1.51. The molecular weight excluding hydrogens is 334 g/mol. The van der Waals surface area contributed by atoms with Gasteiger partial charge in [-0.2, -0.15) is 0 Å². The van der Waals surface area contributed by atoms with Crippen molar-refractivity contribution in [1.82, 2.24) is 14.7 Å². The van der Waals surface area contributed by atoms with Crippen molar-refractivity contribution in [3.05, 3.63) is 24.3 Å². The molecule has 3 amide bonds. The summed E-state index contributed by atoms with van der Waals surface area (Å²) in [5.74, 6) is 1.41. The fraction of sp³-hybridized carbons (Fsp3) is 0.579. The van der Waals surface area contributed by atoms with Crippen LogP contribution in [0.5, 0.6) is 11.5 Å². The zero-order valence-electron chi connectivity index (χ0n) is 15.7. The highest BCUT2D eigenvalue weighted by Gasteiger charge is 2.38. The molecule has 26 heavy (non-hydrogen) atoms. The van der Waals surface area contributed by atoms with Gasteiger partial charge in [-0.05, 0) is 25.0 Å². The smallest absolute Gasteiger partial charge is 0.319 e. The van der Waals surface area contributed by atoms with Crippen molar-refractivity contribution >= 4 is 11.9 Å². The summed E-state index contributed by atoms with van der Waals surface area (Å²) >= 11 is 0. The molecule has 2 heterocycles. The quantitative estimate of drug-likeness (QED) is 0.819. The molecule has 7 nitrogen and oxygen atoms in total. The van der Waals surface area contributed by atoms with E-state index in [1.165, 1.54) is 0 Å². The number of ether oxygens (including phenoxy) is 2. The number of hydrogen-bond acceptors (Lipinski definition) is 4. The largest absolute Gasteiger partial charge is 0.493 e. The molecule has 1 aromatic rings. The third kappa shape index (κ3) is 3.86. The van der Waals surface area contributed by atoms with Gasteiger partial charge in [0.1, 0.15) is 6.10 Å². The lowest BCUT2D eigenvalue weighted by Crippen LogP contribution is -2.59. The van der Waals surface area contributed by atoms with Crippen molar-refractivity contribution in [1.29, 1.82) is 0 Å². The topological polar surface area (TPSA) is 62.3 Å². The molecule has 2 aliphatic heterocycles. The van der Waals surface area contributed by atoms with Crippen LogP contribution in [0, 0.1) is 5.92 Å². The average molecular weight is 361 g/mol. The second kappa shape index (κ2) is 7.85. The number of hydrogen-bond donors (Lipinski definition) is 0. The van der Waals surface area contributed by atoms with Crippen LogP contribution in [0.4, 0.5) is 4.79 Å². The second-order valence-corrected chi connectivity index (χ2v) is 7.10. The Bertz CT molecular complexity index is 658. The summed E-state index contributed by atoms with van der Waals surface area (Å²) in [4.78, 5) is 30.0. The lowest BCUT2D eigenvalue weighted by molar-refractivity contribution is -0.146. The number of para-hydroxylation sites is 2. The molecule has 1 atom stereocenters.